The summed E-state index contributed by atoms with van der Waals surface area (Å²) in [4.78, 5) is 21.6. The van der Waals surface area contributed by atoms with Crippen molar-refractivity contribution in [3.63, 3.8) is 0 Å². The number of hydrogen-bond acceptors (Lipinski definition) is 5. The first-order chi connectivity index (χ1) is 12.5. The Morgan fingerprint density at radius 1 is 1.19 bits per heavy atom. The molecule has 0 bridgehead atoms. The lowest BCUT2D eigenvalue weighted by Crippen LogP contribution is -2.14. The summed E-state index contributed by atoms with van der Waals surface area (Å²) in [7, 11) is 6.02. The van der Waals surface area contributed by atoms with Crippen LogP contribution >= 0.6 is 11.6 Å². The minimum atomic E-state index is 0.207. The van der Waals surface area contributed by atoms with E-state index in [0.29, 0.717) is 22.8 Å². The molecule has 134 valence electrons. The van der Waals surface area contributed by atoms with Crippen LogP contribution in [-0.2, 0) is 13.6 Å². The number of aldehydes is 1. The minimum Gasteiger partial charge on any atom is -0.455 e. The van der Waals surface area contributed by atoms with Gasteiger partial charge in [0.2, 0.25) is 0 Å². The fourth-order valence-corrected chi connectivity index (χ4v) is 2.72. The van der Waals surface area contributed by atoms with Crippen molar-refractivity contribution in [3.05, 3.63) is 59.3 Å². The summed E-state index contributed by atoms with van der Waals surface area (Å²) in [6.45, 7) is 0.772. The molecular weight excluding hydrogens is 352 g/mol. The van der Waals surface area contributed by atoms with Gasteiger partial charge in [0.05, 0.1) is 23.5 Å². The number of hydrogen-bond donors (Lipinski definition) is 0. The Morgan fingerprint density at radius 3 is 2.58 bits per heavy atom. The number of aromatic nitrogens is 3. The Bertz CT molecular complexity index is 920. The second-order valence-corrected chi connectivity index (χ2v) is 6.57. The third-order valence-electron chi connectivity index (χ3n) is 3.88. The smallest absolute Gasteiger partial charge is 0.172 e. The van der Waals surface area contributed by atoms with E-state index in [2.05, 4.69) is 19.4 Å². The van der Waals surface area contributed by atoms with E-state index in [0.717, 1.165) is 23.6 Å². The van der Waals surface area contributed by atoms with Gasteiger partial charge in [0.15, 0.2) is 12.0 Å². The largest absolute Gasteiger partial charge is 0.455 e. The number of rotatable bonds is 6. The number of imidazole rings is 1. The monoisotopic (exact) mass is 370 g/mol. The highest BCUT2D eigenvalue weighted by molar-refractivity contribution is 6.30. The fraction of sp³-hybridized carbons (Fsp3) is 0.211. The Balaban J connectivity index is 1.82. The molecule has 0 saturated carbocycles. The number of carbonyl (C=O) groups excluding carboxylic acids is 1. The molecular formula is C19H19ClN4O2. The van der Waals surface area contributed by atoms with Gasteiger partial charge in [0, 0.05) is 24.9 Å². The molecule has 0 unspecified atom stereocenters. The Morgan fingerprint density at radius 2 is 1.92 bits per heavy atom. The first kappa shape index (κ1) is 18.1. The molecule has 0 spiro atoms. The third kappa shape index (κ3) is 3.92. The van der Waals surface area contributed by atoms with Gasteiger partial charge in [0.25, 0.3) is 0 Å². The summed E-state index contributed by atoms with van der Waals surface area (Å²) in [6, 6.07) is 9.14. The molecule has 7 heteroatoms. The first-order valence-electron chi connectivity index (χ1n) is 8.02. The van der Waals surface area contributed by atoms with E-state index in [4.69, 9.17) is 16.3 Å². The van der Waals surface area contributed by atoms with Crippen LogP contribution in [0.25, 0.3) is 11.3 Å². The molecule has 0 radical (unpaired) electrons. The zero-order valence-electron chi connectivity index (χ0n) is 14.8. The Labute approximate surface area is 157 Å². The molecule has 1 aromatic carbocycles. The van der Waals surface area contributed by atoms with Crippen LogP contribution in [0.1, 0.15) is 16.3 Å². The van der Waals surface area contributed by atoms with Crippen molar-refractivity contribution in [2.75, 3.05) is 14.1 Å². The first-order valence-corrected chi connectivity index (χ1v) is 8.40. The van der Waals surface area contributed by atoms with E-state index < -0.39 is 0 Å². The van der Waals surface area contributed by atoms with Crippen molar-refractivity contribution in [1.82, 2.24) is 19.4 Å². The van der Waals surface area contributed by atoms with Crippen LogP contribution in [0, 0.1) is 0 Å². The van der Waals surface area contributed by atoms with Gasteiger partial charge in [-0.25, -0.2) is 9.97 Å². The molecule has 0 saturated heterocycles. The Hall–Kier alpha value is -2.70. The third-order valence-corrected chi connectivity index (χ3v) is 4.09. The lowest BCUT2D eigenvalue weighted by Gasteiger charge is -2.11. The summed E-state index contributed by atoms with van der Waals surface area (Å²) >= 11 is 5.93. The van der Waals surface area contributed by atoms with Crippen LogP contribution in [0.15, 0.2) is 42.7 Å². The van der Waals surface area contributed by atoms with Crippen LogP contribution in [-0.4, -0.2) is 39.8 Å². The summed E-state index contributed by atoms with van der Waals surface area (Å²) in [5.74, 6) is 1.91. The molecule has 2 heterocycles. The maximum absolute atomic E-state index is 11.1. The molecule has 3 rings (SSSR count). The average molecular weight is 371 g/mol. The molecule has 3 aromatic rings. The quantitative estimate of drug-likeness (QED) is 0.617. The van der Waals surface area contributed by atoms with Crippen LogP contribution in [0.2, 0.25) is 5.02 Å². The fourth-order valence-electron chi connectivity index (χ4n) is 2.57. The second kappa shape index (κ2) is 7.68. The standard InChI is InChI=1S/C19H19ClN4O2/c1-23(2)11-19-22-10-17(24(19)3)13-4-6-15(7-5-13)26-18-8-14(20)9-21-16(18)12-25/h4-10,12H,11H2,1-3H3. The lowest BCUT2D eigenvalue weighted by molar-refractivity contribution is 0.111. The van der Waals surface area contributed by atoms with Gasteiger partial charge in [-0.1, -0.05) is 11.6 Å². The van der Waals surface area contributed by atoms with Gasteiger partial charge < -0.3 is 14.2 Å². The molecule has 0 aliphatic heterocycles. The molecule has 0 N–H and O–H groups in total. The molecule has 0 aliphatic rings. The molecule has 0 aliphatic carbocycles. The summed E-state index contributed by atoms with van der Waals surface area (Å²) in [5.41, 5.74) is 2.25. The number of nitrogens with zero attached hydrogens (tertiary/aromatic N) is 4. The van der Waals surface area contributed by atoms with Crippen LogP contribution in [0.4, 0.5) is 0 Å². The number of benzene rings is 1. The topological polar surface area (TPSA) is 60.2 Å². The van der Waals surface area contributed by atoms with Gasteiger partial charge in [-0.15, -0.1) is 0 Å². The summed E-state index contributed by atoms with van der Waals surface area (Å²) < 4.78 is 7.82. The predicted octanol–water partition coefficient (Wildman–Crippen LogP) is 3.80. The highest BCUT2D eigenvalue weighted by Crippen LogP contribution is 2.28. The molecule has 0 fully saturated rings. The molecule has 6 nitrogen and oxygen atoms in total. The number of halogens is 1. The summed E-state index contributed by atoms with van der Waals surface area (Å²) in [5, 5.41) is 0.408. The normalized spacial score (nSPS) is 11.0. The van der Waals surface area contributed by atoms with E-state index in [9.17, 15) is 4.79 Å². The van der Waals surface area contributed by atoms with Crippen molar-refractivity contribution in [2.45, 2.75) is 6.54 Å². The minimum absolute atomic E-state index is 0.207. The number of carbonyl (C=O) groups is 1. The van der Waals surface area contributed by atoms with Crippen molar-refractivity contribution in [2.24, 2.45) is 7.05 Å². The van der Waals surface area contributed by atoms with Gasteiger partial charge in [-0.2, -0.15) is 0 Å². The maximum Gasteiger partial charge on any atom is 0.172 e. The van der Waals surface area contributed by atoms with Crippen molar-refractivity contribution < 1.29 is 9.53 Å². The SMILES string of the molecule is CN(C)Cc1ncc(-c2ccc(Oc3cc(Cl)cnc3C=O)cc2)n1C. The van der Waals surface area contributed by atoms with Gasteiger partial charge in [0.1, 0.15) is 17.3 Å². The van der Waals surface area contributed by atoms with Gasteiger partial charge in [-0.05, 0) is 38.4 Å². The highest BCUT2D eigenvalue weighted by atomic mass is 35.5. The van der Waals surface area contributed by atoms with E-state index in [1.807, 2.05) is 51.6 Å². The van der Waals surface area contributed by atoms with Crippen LogP contribution < -0.4 is 4.74 Å². The van der Waals surface area contributed by atoms with Gasteiger partial charge in [-0.3, -0.25) is 4.79 Å². The number of ether oxygens (including phenoxy) is 1. The lowest BCUT2D eigenvalue weighted by atomic mass is 10.1. The molecule has 2 aromatic heterocycles. The molecule has 0 atom stereocenters. The van der Waals surface area contributed by atoms with Gasteiger partial charge >= 0.3 is 0 Å². The van der Waals surface area contributed by atoms with Crippen LogP contribution in [0.5, 0.6) is 11.5 Å². The van der Waals surface area contributed by atoms with Crippen molar-refractivity contribution >= 4 is 17.9 Å². The van der Waals surface area contributed by atoms with E-state index in [1.54, 1.807) is 6.07 Å². The van der Waals surface area contributed by atoms with Crippen molar-refractivity contribution in [1.29, 1.82) is 0 Å². The van der Waals surface area contributed by atoms with Crippen LogP contribution in [0.3, 0.4) is 0 Å². The van der Waals surface area contributed by atoms with Crippen molar-refractivity contribution in [3.8, 4) is 22.8 Å². The zero-order chi connectivity index (χ0) is 18.7. The average Bonchev–Trinajstić information content (AvgIpc) is 2.96. The molecule has 26 heavy (non-hydrogen) atoms. The van der Waals surface area contributed by atoms with E-state index >= 15 is 0 Å². The number of pyridine rings is 1. The second-order valence-electron chi connectivity index (χ2n) is 6.14. The predicted molar refractivity (Wildman–Crippen MR) is 101 cm³/mol. The molecule has 0 amide bonds. The summed E-state index contributed by atoms with van der Waals surface area (Å²) in [6.07, 6.45) is 3.91. The zero-order valence-corrected chi connectivity index (χ0v) is 15.6. The van der Waals surface area contributed by atoms with E-state index in [-0.39, 0.29) is 5.69 Å². The highest BCUT2D eigenvalue weighted by Gasteiger charge is 2.11. The Kier molecular flexibility index (Phi) is 5.35. The van der Waals surface area contributed by atoms with E-state index in [1.165, 1.54) is 6.20 Å². The maximum atomic E-state index is 11.1.